The Balaban J connectivity index is 1.94. The Hall–Kier alpha value is -4.42. The molecule has 0 aliphatic carbocycles. The molecule has 0 aliphatic rings. The van der Waals surface area contributed by atoms with E-state index in [1.54, 1.807) is 20.2 Å². The van der Waals surface area contributed by atoms with Crippen LogP contribution in [0.3, 0.4) is 0 Å². The maximum absolute atomic E-state index is 14.8. The second kappa shape index (κ2) is 10.7. The Labute approximate surface area is 206 Å². The Kier molecular flexibility index (Phi) is 7.69. The fourth-order valence-electron chi connectivity index (χ4n) is 3.07. The number of amides is 2. The average Bonchev–Trinajstić information content (AvgIpc) is 2.84. The van der Waals surface area contributed by atoms with Gasteiger partial charge in [-0.2, -0.15) is 0 Å². The molecule has 8 nitrogen and oxygen atoms in total. The largest absolute Gasteiger partial charge is 0.494 e. The Morgan fingerprint density at radius 1 is 1.11 bits per heavy atom. The van der Waals surface area contributed by atoms with Crippen molar-refractivity contribution in [2.45, 2.75) is 0 Å². The highest BCUT2D eigenvalue weighted by Gasteiger charge is 2.22. The van der Waals surface area contributed by atoms with Crippen LogP contribution >= 0.6 is 11.6 Å². The van der Waals surface area contributed by atoms with Crippen molar-refractivity contribution in [3.05, 3.63) is 81.8 Å². The third-order valence-electron chi connectivity index (χ3n) is 4.88. The molecule has 3 N–H and O–H groups in total. The number of aromatic nitrogens is 1. The van der Waals surface area contributed by atoms with Crippen LogP contribution in [0, 0.1) is 23.6 Å². The molecule has 3 aromatic rings. The van der Waals surface area contributed by atoms with Gasteiger partial charge in [0.1, 0.15) is 23.2 Å². The summed E-state index contributed by atoms with van der Waals surface area (Å²) in [6.07, 6.45) is 6.73. The first-order valence-corrected chi connectivity index (χ1v) is 10.5. The monoisotopic (exact) mass is 493 g/mol. The maximum atomic E-state index is 14.8. The molecule has 0 saturated carbocycles. The Morgan fingerprint density at radius 2 is 1.83 bits per heavy atom. The zero-order chi connectivity index (χ0) is 25.7. The predicted octanol–water partition coefficient (Wildman–Crippen LogP) is 4.26. The number of pyridine rings is 1. The highest BCUT2D eigenvalue weighted by atomic mass is 35.5. The summed E-state index contributed by atoms with van der Waals surface area (Å²) in [5, 5.41) is 13.3. The van der Waals surface area contributed by atoms with Gasteiger partial charge in [-0.3, -0.25) is 15.0 Å². The number of anilines is 2. The highest BCUT2D eigenvalue weighted by molar-refractivity contribution is 6.31. The Bertz CT molecular complexity index is 1350. The van der Waals surface area contributed by atoms with Crippen LogP contribution in [0.4, 0.5) is 15.9 Å². The number of rotatable bonds is 6. The lowest BCUT2D eigenvalue weighted by Gasteiger charge is -2.17. The summed E-state index contributed by atoms with van der Waals surface area (Å²) in [6.45, 7) is 0. The van der Waals surface area contributed by atoms with Gasteiger partial charge in [0, 0.05) is 42.5 Å². The SMILES string of the molecule is C#Cc1ccc(NC(=O)c2cc(Cl)cc(OC)c2NC(=O)c2ccc(C(=N)N(C)C)cc2F)nc1. The summed E-state index contributed by atoms with van der Waals surface area (Å²) >= 11 is 6.14. The van der Waals surface area contributed by atoms with Gasteiger partial charge in [0.25, 0.3) is 11.8 Å². The van der Waals surface area contributed by atoms with E-state index in [0.717, 1.165) is 6.07 Å². The molecule has 3 rings (SSSR count). The summed E-state index contributed by atoms with van der Waals surface area (Å²) in [5.74, 6) is 0.527. The number of benzene rings is 2. The number of hydrogen-bond donors (Lipinski definition) is 3. The first kappa shape index (κ1) is 25.2. The summed E-state index contributed by atoms with van der Waals surface area (Å²) in [7, 11) is 4.64. The molecular formula is C25H21ClFN5O3. The molecule has 1 heterocycles. The van der Waals surface area contributed by atoms with E-state index < -0.39 is 17.6 Å². The summed E-state index contributed by atoms with van der Waals surface area (Å²) in [6, 6.07) is 9.68. The van der Waals surface area contributed by atoms with Gasteiger partial charge >= 0.3 is 0 Å². The molecule has 0 aliphatic heterocycles. The number of hydrogen-bond acceptors (Lipinski definition) is 5. The zero-order valence-corrected chi connectivity index (χ0v) is 19.8. The standard InChI is InChI=1S/C25H21ClFN5O3/c1-5-14-6-9-21(29-13-14)30-25(34)18-11-16(26)12-20(35-4)22(18)31-24(33)17-8-7-15(10-19(17)27)23(28)32(2)3/h1,6-13,28H,2-4H3,(H,31,33)(H,29,30,34). The first-order valence-electron chi connectivity index (χ1n) is 10.1. The molecule has 178 valence electrons. The van der Waals surface area contributed by atoms with Gasteiger partial charge in [-0.05, 0) is 30.3 Å². The maximum Gasteiger partial charge on any atom is 0.259 e. The van der Waals surface area contributed by atoms with Gasteiger partial charge in [0.2, 0.25) is 0 Å². The number of terminal acetylenes is 1. The van der Waals surface area contributed by atoms with Gasteiger partial charge in [-0.15, -0.1) is 6.42 Å². The van der Waals surface area contributed by atoms with Crippen LogP contribution < -0.4 is 15.4 Å². The zero-order valence-electron chi connectivity index (χ0n) is 19.1. The van der Waals surface area contributed by atoms with Crippen molar-refractivity contribution in [2.75, 3.05) is 31.8 Å². The van der Waals surface area contributed by atoms with Crippen LogP contribution in [-0.4, -0.2) is 48.7 Å². The minimum Gasteiger partial charge on any atom is -0.494 e. The quantitative estimate of drug-likeness (QED) is 0.270. The second-order valence-electron chi connectivity index (χ2n) is 7.45. The van der Waals surface area contributed by atoms with E-state index in [1.807, 2.05) is 0 Å². The summed E-state index contributed by atoms with van der Waals surface area (Å²) in [4.78, 5) is 31.5. The molecule has 0 atom stereocenters. The van der Waals surface area contributed by atoms with Crippen molar-refractivity contribution in [2.24, 2.45) is 0 Å². The van der Waals surface area contributed by atoms with Crippen LogP contribution in [0.1, 0.15) is 31.8 Å². The minimum atomic E-state index is -0.830. The number of ether oxygens (including phenoxy) is 1. The number of nitrogens with zero attached hydrogens (tertiary/aromatic N) is 2. The number of halogens is 2. The van der Waals surface area contributed by atoms with Crippen LogP contribution in [0.15, 0.2) is 48.7 Å². The smallest absolute Gasteiger partial charge is 0.259 e. The van der Waals surface area contributed by atoms with Crippen molar-refractivity contribution >= 4 is 40.8 Å². The van der Waals surface area contributed by atoms with Gasteiger partial charge in [0.15, 0.2) is 0 Å². The number of carbonyl (C=O) groups is 2. The van der Waals surface area contributed by atoms with Crippen molar-refractivity contribution < 1.29 is 18.7 Å². The third kappa shape index (κ3) is 5.75. The molecule has 0 fully saturated rings. The molecule has 10 heteroatoms. The minimum absolute atomic E-state index is 0.0100. The molecule has 2 aromatic carbocycles. The fraction of sp³-hybridized carbons (Fsp3) is 0.120. The van der Waals surface area contributed by atoms with Crippen molar-refractivity contribution in [3.63, 3.8) is 0 Å². The lowest BCUT2D eigenvalue weighted by Crippen LogP contribution is -2.23. The van der Waals surface area contributed by atoms with E-state index in [0.29, 0.717) is 11.1 Å². The molecule has 2 amide bonds. The number of carbonyl (C=O) groups excluding carboxylic acids is 2. The molecule has 0 unspecified atom stereocenters. The Morgan fingerprint density at radius 3 is 2.40 bits per heavy atom. The molecule has 0 saturated heterocycles. The molecule has 35 heavy (non-hydrogen) atoms. The summed E-state index contributed by atoms with van der Waals surface area (Å²) < 4.78 is 20.0. The van der Waals surface area contributed by atoms with E-state index in [-0.39, 0.29) is 39.2 Å². The van der Waals surface area contributed by atoms with Crippen molar-refractivity contribution in [1.82, 2.24) is 9.88 Å². The topological polar surface area (TPSA) is 107 Å². The normalized spacial score (nSPS) is 10.2. The van der Waals surface area contributed by atoms with Crippen molar-refractivity contribution in [1.29, 1.82) is 5.41 Å². The average molecular weight is 494 g/mol. The van der Waals surface area contributed by atoms with Crippen LogP contribution in [0.2, 0.25) is 5.02 Å². The van der Waals surface area contributed by atoms with E-state index in [9.17, 15) is 14.0 Å². The lowest BCUT2D eigenvalue weighted by molar-refractivity contribution is 0.102. The third-order valence-corrected chi connectivity index (χ3v) is 5.09. The molecule has 1 aromatic heterocycles. The van der Waals surface area contributed by atoms with Gasteiger partial charge < -0.3 is 20.3 Å². The van der Waals surface area contributed by atoms with E-state index >= 15 is 0 Å². The van der Waals surface area contributed by atoms with E-state index in [2.05, 4.69) is 21.5 Å². The second-order valence-corrected chi connectivity index (χ2v) is 7.89. The molecular weight excluding hydrogens is 473 g/mol. The highest BCUT2D eigenvalue weighted by Crippen LogP contribution is 2.33. The van der Waals surface area contributed by atoms with E-state index in [4.69, 9.17) is 28.2 Å². The number of amidine groups is 1. The fourth-order valence-corrected chi connectivity index (χ4v) is 3.28. The van der Waals surface area contributed by atoms with E-state index in [1.165, 1.54) is 48.5 Å². The molecule has 0 bridgehead atoms. The molecule has 0 radical (unpaired) electrons. The lowest BCUT2D eigenvalue weighted by atomic mass is 10.1. The van der Waals surface area contributed by atoms with Gasteiger partial charge in [-0.25, -0.2) is 9.37 Å². The van der Waals surface area contributed by atoms with Crippen LogP contribution in [0.25, 0.3) is 0 Å². The van der Waals surface area contributed by atoms with Gasteiger partial charge in [-0.1, -0.05) is 23.6 Å². The number of methoxy groups -OCH3 is 1. The number of nitrogens with one attached hydrogen (secondary N) is 3. The first-order chi connectivity index (χ1) is 16.6. The molecule has 0 spiro atoms. The van der Waals surface area contributed by atoms with Crippen LogP contribution in [-0.2, 0) is 0 Å². The van der Waals surface area contributed by atoms with Gasteiger partial charge in [0.05, 0.1) is 23.9 Å². The van der Waals surface area contributed by atoms with Crippen molar-refractivity contribution in [3.8, 4) is 18.1 Å². The predicted molar refractivity (Wildman–Crippen MR) is 133 cm³/mol. The summed E-state index contributed by atoms with van der Waals surface area (Å²) in [5.41, 5.74) is 0.516. The van der Waals surface area contributed by atoms with Crippen LogP contribution in [0.5, 0.6) is 5.75 Å².